The molecular weight excluding hydrogens is 448 g/mol. The fourth-order valence-corrected chi connectivity index (χ4v) is 5.38. The minimum absolute atomic E-state index is 0.106. The summed E-state index contributed by atoms with van der Waals surface area (Å²) >= 11 is 1.40. The van der Waals surface area contributed by atoms with Crippen LogP contribution in [0.25, 0.3) is 22.3 Å². The number of fused-ring (bicyclic) bond motifs is 1. The third-order valence-electron chi connectivity index (χ3n) is 6.15. The van der Waals surface area contributed by atoms with Gasteiger partial charge in [-0.3, -0.25) is 9.59 Å². The molecule has 174 valence electrons. The van der Waals surface area contributed by atoms with Crippen LogP contribution in [0.5, 0.6) is 0 Å². The van der Waals surface area contributed by atoms with Gasteiger partial charge in [-0.25, -0.2) is 9.97 Å². The lowest BCUT2D eigenvalue weighted by molar-refractivity contribution is -0.133. The third kappa shape index (κ3) is 4.14. The summed E-state index contributed by atoms with van der Waals surface area (Å²) in [7, 11) is 0. The molecule has 0 aliphatic carbocycles. The highest BCUT2D eigenvalue weighted by molar-refractivity contribution is 7.12. The lowest BCUT2D eigenvalue weighted by Gasteiger charge is -2.44. The van der Waals surface area contributed by atoms with Gasteiger partial charge in [0.1, 0.15) is 11.5 Å². The molecule has 4 aromatic heterocycles. The van der Waals surface area contributed by atoms with E-state index in [1.807, 2.05) is 46.8 Å². The molecule has 4 aromatic rings. The molecule has 2 atom stereocenters. The average Bonchev–Trinajstić information content (AvgIpc) is 3.48. The van der Waals surface area contributed by atoms with Crippen molar-refractivity contribution in [1.29, 1.82) is 0 Å². The van der Waals surface area contributed by atoms with Gasteiger partial charge in [-0.1, -0.05) is 12.1 Å². The van der Waals surface area contributed by atoms with Crippen molar-refractivity contribution in [3.63, 3.8) is 0 Å². The number of aromatic amines is 1. The number of hydrogen-bond donors (Lipinski definition) is 2. The fourth-order valence-electron chi connectivity index (χ4n) is 4.76. The number of piperazine rings is 1. The van der Waals surface area contributed by atoms with Gasteiger partial charge in [0.05, 0.1) is 22.5 Å². The van der Waals surface area contributed by atoms with E-state index in [0.717, 1.165) is 41.2 Å². The van der Waals surface area contributed by atoms with Gasteiger partial charge in [-0.2, -0.15) is 0 Å². The smallest absolute Gasteiger partial charge is 0.265 e. The van der Waals surface area contributed by atoms with Crippen molar-refractivity contribution in [3.05, 3.63) is 59.0 Å². The van der Waals surface area contributed by atoms with Gasteiger partial charge in [0.15, 0.2) is 0 Å². The van der Waals surface area contributed by atoms with Crippen LogP contribution in [0.3, 0.4) is 0 Å². The first-order chi connectivity index (χ1) is 16.4. The summed E-state index contributed by atoms with van der Waals surface area (Å²) in [6.45, 7) is 7.24. The minimum atomic E-state index is -0.152. The first-order valence-electron chi connectivity index (χ1n) is 11.2. The van der Waals surface area contributed by atoms with E-state index in [1.54, 1.807) is 19.2 Å². The summed E-state index contributed by atoms with van der Waals surface area (Å²) in [6, 6.07) is 11.8. The highest BCUT2D eigenvalue weighted by atomic mass is 32.1. The number of H-pyrrole nitrogens is 1. The fraction of sp³-hybridized carbons (Fsp3) is 0.280. The molecule has 9 heteroatoms. The molecule has 1 saturated heterocycles. The Hall–Kier alpha value is -3.72. The van der Waals surface area contributed by atoms with Gasteiger partial charge in [-0.15, -0.1) is 11.3 Å². The first kappa shape index (κ1) is 22.1. The monoisotopic (exact) mass is 474 g/mol. The van der Waals surface area contributed by atoms with Crippen molar-refractivity contribution in [2.45, 2.75) is 32.9 Å². The van der Waals surface area contributed by atoms with Gasteiger partial charge in [-0.05, 0) is 43.5 Å². The van der Waals surface area contributed by atoms with Crippen molar-refractivity contribution in [2.75, 3.05) is 23.3 Å². The number of carbonyl (C=O) groups is 2. The van der Waals surface area contributed by atoms with E-state index in [2.05, 4.69) is 34.0 Å². The predicted octanol–water partition coefficient (Wildman–Crippen LogP) is 4.38. The third-order valence-corrected chi connectivity index (χ3v) is 7.02. The maximum absolute atomic E-state index is 12.5. The molecular formula is C25H26N6O2S. The lowest BCUT2D eigenvalue weighted by Crippen LogP contribution is -2.58. The molecule has 2 amide bonds. The SMILES string of the molecule is CC(=O)N1[C@H](C)CN(c2cccc(-c3c[nH]c4ncc(NC(=O)c5cccs5)cc34)n2)C[C@@H]1C. The molecule has 0 spiro atoms. The second-order valence-electron chi connectivity index (χ2n) is 8.66. The summed E-state index contributed by atoms with van der Waals surface area (Å²) < 4.78 is 0. The molecule has 8 nitrogen and oxygen atoms in total. The minimum Gasteiger partial charge on any atom is -0.352 e. The number of hydrogen-bond acceptors (Lipinski definition) is 6. The second-order valence-corrected chi connectivity index (χ2v) is 9.61. The zero-order chi connectivity index (χ0) is 23.8. The Kier molecular flexibility index (Phi) is 5.79. The summed E-state index contributed by atoms with van der Waals surface area (Å²) in [5.74, 6) is 0.833. The van der Waals surface area contributed by atoms with E-state index in [-0.39, 0.29) is 23.9 Å². The van der Waals surface area contributed by atoms with Crippen LogP contribution in [0.15, 0.2) is 54.2 Å². The molecule has 2 N–H and O–H groups in total. The van der Waals surface area contributed by atoms with Crippen LogP contribution in [0, 0.1) is 0 Å². The Morgan fingerprint density at radius 1 is 1.15 bits per heavy atom. The Labute approximate surface area is 201 Å². The largest absolute Gasteiger partial charge is 0.352 e. The summed E-state index contributed by atoms with van der Waals surface area (Å²) in [5, 5.41) is 5.69. The molecule has 0 aromatic carbocycles. The number of nitrogens with one attached hydrogen (secondary N) is 2. The second kappa shape index (κ2) is 8.90. The van der Waals surface area contributed by atoms with Crippen molar-refractivity contribution in [2.24, 2.45) is 0 Å². The van der Waals surface area contributed by atoms with Gasteiger partial charge in [0, 0.05) is 49.2 Å². The number of rotatable bonds is 4. The predicted molar refractivity (Wildman–Crippen MR) is 135 cm³/mol. The molecule has 0 bridgehead atoms. The van der Waals surface area contributed by atoms with E-state index >= 15 is 0 Å². The molecule has 0 saturated carbocycles. The number of aromatic nitrogens is 3. The number of pyridine rings is 2. The van der Waals surface area contributed by atoms with Crippen molar-refractivity contribution >= 4 is 45.7 Å². The average molecular weight is 475 g/mol. The number of amides is 2. The number of nitrogens with zero attached hydrogens (tertiary/aromatic N) is 4. The van der Waals surface area contributed by atoms with Crippen LogP contribution in [0.1, 0.15) is 30.4 Å². The number of anilines is 2. The quantitative estimate of drug-likeness (QED) is 0.458. The van der Waals surface area contributed by atoms with Crippen molar-refractivity contribution in [1.82, 2.24) is 19.9 Å². The van der Waals surface area contributed by atoms with Crippen LogP contribution in [-0.4, -0.2) is 56.8 Å². The maximum Gasteiger partial charge on any atom is 0.265 e. The van der Waals surface area contributed by atoms with Crippen LogP contribution < -0.4 is 10.2 Å². The zero-order valence-electron chi connectivity index (χ0n) is 19.3. The van der Waals surface area contributed by atoms with Gasteiger partial charge in [0.2, 0.25) is 5.91 Å². The molecule has 1 aliphatic rings. The summed E-state index contributed by atoms with van der Waals surface area (Å²) in [6.07, 6.45) is 3.54. The molecule has 1 aliphatic heterocycles. The topological polar surface area (TPSA) is 94.2 Å². The van der Waals surface area contributed by atoms with Crippen LogP contribution in [0.4, 0.5) is 11.5 Å². The number of thiophene rings is 1. The van der Waals surface area contributed by atoms with Crippen LogP contribution in [-0.2, 0) is 4.79 Å². The van der Waals surface area contributed by atoms with Gasteiger partial charge in [0.25, 0.3) is 5.91 Å². The Bertz CT molecular complexity index is 1340. The van der Waals surface area contributed by atoms with Crippen LogP contribution in [0.2, 0.25) is 0 Å². The summed E-state index contributed by atoms with van der Waals surface area (Å²) in [4.78, 5) is 41.9. The van der Waals surface area contributed by atoms with Crippen molar-refractivity contribution in [3.8, 4) is 11.3 Å². The summed E-state index contributed by atoms with van der Waals surface area (Å²) in [5.41, 5.74) is 3.10. The number of carbonyl (C=O) groups excluding carboxylic acids is 2. The lowest BCUT2D eigenvalue weighted by atomic mass is 10.1. The van der Waals surface area contributed by atoms with E-state index in [4.69, 9.17) is 4.98 Å². The van der Waals surface area contributed by atoms with Crippen LogP contribution >= 0.6 is 11.3 Å². The van der Waals surface area contributed by atoms with Gasteiger partial charge < -0.3 is 20.1 Å². The highest BCUT2D eigenvalue weighted by Crippen LogP contribution is 2.30. The highest BCUT2D eigenvalue weighted by Gasteiger charge is 2.31. The van der Waals surface area contributed by atoms with E-state index in [0.29, 0.717) is 10.6 Å². The zero-order valence-corrected chi connectivity index (χ0v) is 20.1. The Morgan fingerprint density at radius 3 is 2.65 bits per heavy atom. The standard InChI is InChI=1S/C25H26N6O2S/c1-15-13-30(14-16(2)31(15)17(3)32)23-8-4-6-21(29-23)20-12-27-24-19(20)10-18(11-26-24)28-25(33)22-7-5-9-34-22/h4-12,15-16H,13-14H2,1-3H3,(H,26,27)(H,28,33)/t15-,16+. The maximum atomic E-state index is 12.5. The Balaban J connectivity index is 1.42. The van der Waals surface area contributed by atoms with Gasteiger partial charge >= 0.3 is 0 Å². The Morgan fingerprint density at radius 2 is 1.94 bits per heavy atom. The van der Waals surface area contributed by atoms with E-state index in [1.165, 1.54) is 11.3 Å². The molecule has 34 heavy (non-hydrogen) atoms. The molecule has 5 rings (SSSR count). The first-order valence-corrected chi connectivity index (χ1v) is 12.1. The molecule has 1 fully saturated rings. The normalized spacial score (nSPS) is 18.3. The molecule has 0 radical (unpaired) electrons. The molecule has 5 heterocycles. The molecule has 0 unspecified atom stereocenters. The van der Waals surface area contributed by atoms with E-state index in [9.17, 15) is 9.59 Å². The van der Waals surface area contributed by atoms with Crippen molar-refractivity contribution < 1.29 is 9.59 Å². The van der Waals surface area contributed by atoms with E-state index < -0.39 is 0 Å².